The highest BCUT2D eigenvalue weighted by Crippen LogP contribution is 2.21. The van der Waals surface area contributed by atoms with E-state index >= 15 is 0 Å². The number of nitriles is 1. The fourth-order valence-electron chi connectivity index (χ4n) is 2.45. The molecular weight excluding hydrogens is 262 g/mol. The summed E-state index contributed by atoms with van der Waals surface area (Å²) >= 11 is 6.27. The van der Waals surface area contributed by atoms with E-state index in [0.29, 0.717) is 0 Å². The van der Waals surface area contributed by atoms with Crippen molar-refractivity contribution in [3.05, 3.63) is 16.4 Å². The monoisotopic (exact) mass is 281 g/mol. The number of aryl methyl sites for hydroxylation is 2. The molecule has 0 spiro atoms. The van der Waals surface area contributed by atoms with Crippen LogP contribution < -0.4 is 0 Å². The van der Waals surface area contributed by atoms with Crippen LogP contribution >= 0.6 is 11.6 Å². The minimum atomic E-state index is 0.00434. The van der Waals surface area contributed by atoms with E-state index in [-0.39, 0.29) is 6.04 Å². The molecule has 1 atom stereocenters. The maximum Gasteiger partial charge on any atom is 0.0950 e. The molecule has 0 amide bonds. The first-order valence-corrected chi connectivity index (χ1v) is 6.94. The first-order chi connectivity index (χ1) is 9.02. The summed E-state index contributed by atoms with van der Waals surface area (Å²) in [6.45, 7) is 8.51. The van der Waals surface area contributed by atoms with Crippen LogP contribution in [-0.2, 0) is 13.6 Å². The van der Waals surface area contributed by atoms with Crippen LogP contribution in [0.4, 0.5) is 0 Å². The van der Waals surface area contributed by atoms with Crippen LogP contribution in [0.3, 0.4) is 0 Å². The number of rotatable bonds is 3. The Labute approximate surface area is 119 Å². The molecule has 104 valence electrons. The van der Waals surface area contributed by atoms with Crippen LogP contribution in [0, 0.1) is 18.3 Å². The van der Waals surface area contributed by atoms with Gasteiger partial charge in [-0.2, -0.15) is 10.4 Å². The third kappa shape index (κ3) is 3.08. The van der Waals surface area contributed by atoms with Crippen LogP contribution in [0.5, 0.6) is 0 Å². The molecule has 2 rings (SSSR count). The van der Waals surface area contributed by atoms with Gasteiger partial charge in [0.25, 0.3) is 0 Å². The van der Waals surface area contributed by atoms with Crippen molar-refractivity contribution in [1.82, 2.24) is 19.6 Å². The number of hydrogen-bond donors (Lipinski definition) is 0. The van der Waals surface area contributed by atoms with E-state index in [1.165, 1.54) is 0 Å². The van der Waals surface area contributed by atoms with E-state index in [9.17, 15) is 0 Å². The van der Waals surface area contributed by atoms with Crippen molar-refractivity contribution in [2.24, 2.45) is 7.05 Å². The van der Waals surface area contributed by atoms with Crippen LogP contribution in [0.2, 0.25) is 5.02 Å². The number of aromatic nitrogens is 2. The second-order valence-corrected chi connectivity index (χ2v) is 5.46. The Morgan fingerprint density at radius 2 is 2.00 bits per heavy atom. The van der Waals surface area contributed by atoms with Crippen molar-refractivity contribution >= 4 is 11.6 Å². The van der Waals surface area contributed by atoms with Gasteiger partial charge in [0.2, 0.25) is 0 Å². The lowest BCUT2D eigenvalue weighted by molar-refractivity contribution is 0.112. The van der Waals surface area contributed by atoms with Gasteiger partial charge in [-0.25, -0.2) is 0 Å². The number of nitrogens with zero attached hydrogens (tertiary/aromatic N) is 5. The summed E-state index contributed by atoms with van der Waals surface area (Å²) in [4.78, 5) is 4.58. The molecule has 5 nitrogen and oxygen atoms in total. The molecule has 1 aliphatic heterocycles. The summed E-state index contributed by atoms with van der Waals surface area (Å²) < 4.78 is 1.86. The van der Waals surface area contributed by atoms with Gasteiger partial charge in [-0.15, -0.1) is 0 Å². The van der Waals surface area contributed by atoms with Crippen LogP contribution in [-0.4, -0.2) is 51.8 Å². The predicted molar refractivity (Wildman–Crippen MR) is 74.9 cm³/mol. The molecule has 1 fully saturated rings. The van der Waals surface area contributed by atoms with Crippen molar-refractivity contribution in [3.63, 3.8) is 0 Å². The summed E-state index contributed by atoms with van der Waals surface area (Å²) in [5.41, 5.74) is 1.96. The van der Waals surface area contributed by atoms with Gasteiger partial charge >= 0.3 is 0 Å². The van der Waals surface area contributed by atoms with Crippen molar-refractivity contribution in [2.75, 3.05) is 26.2 Å². The molecule has 0 aliphatic carbocycles. The molecule has 0 aromatic carbocycles. The van der Waals surface area contributed by atoms with Gasteiger partial charge in [0.1, 0.15) is 0 Å². The standard InChI is InChI=1S/C13H20ClN5/c1-10(8-15)19-6-4-18(5-7-19)9-12-13(14)11(2)16-17(12)3/h10H,4-7,9H2,1-3H3. The van der Waals surface area contributed by atoms with Crippen LogP contribution in [0.1, 0.15) is 18.3 Å². The molecule has 1 aliphatic rings. The normalized spacial score (nSPS) is 19.3. The summed E-state index contributed by atoms with van der Waals surface area (Å²) in [6.07, 6.45) is 0. The summed E-state index contributed by atoms with van der Waals surface area (Å²) in [6, 6.07) is 2.30. The fourth-order valence-corrected chi connectivity index (χ4v) is 2.67. The topological polar surface area (TPSA) is 48.1 Å². The zero-order valence-corrected chi connectivity index (χ0v) is 12.5. The van der Waals surface area contributed by atoms with Gasteiger partial charge in [-0.1, -0.05) is 11.6 Å². The average Bonchev–Trinajstić information content (AvgIpc) is 2.65. The van der Waals surface area contributed by atoms with E-state index in [0.717, 1.165) is 49.1 Å². The number of piperazine rings is 1. The maximum atomic E-state index is 8.93. The summed E-state index contributed by atoms with van der Waals surface area (Å²) in [5.74, 6) is 0. The van der Waals surface area contributed by atoms with Gasteiger partial charge < -0.3 is 0 Å². The molecule has 0 N–H and O–H groups in total. The first kappa shape index (κ1) is 14.3. The van der Waals surface area contributed by atoms with Gasteiger partial charge in [0.15, 0.2) is 0 Å². The summed E-state index contributed by atoms with van der Waals surface area (Å²) in [5, 5.41) is 14.0. The van der Waals surface area contributed by atoms with E-state index in [2.05, 4.69) is 21.0 Å². The molecule has 2 heterocycles. The van der Waals surface area contributed by atoms with E-state index in [1.54, 1.807) is 0 Å². The first-order valence-electron chi connectivity index (χ1n) is 6.57. The fraction of sp³-hybridized carbons (Fsp3) is 0.692. The molecule has 0 bridgehead atoms. The minimum absolute atomic E-state index is 0.00434. The summed E-state index contributed by atoms with van der Waals surface area (Å²) in [7, 11) is 1.93. The minimum Gasteiger partial charge on any atom is -0.295 e. The van der Waals surface area contributed by atoms with Crippen molar-refractivity contribution in [1.29, 1.82) is 5.26 Å². The second-order valence-electron chi connectivity index (χ2n) is 5.09. The van der Waals surface area contributed by atoms with Gasteiger partial charge in [-0.05, 0) is 13.8 Å². The van der Waals surface area contributed by atoms with Gasteiger partial charge in [0.05, 0.1) is 28.5 Å². The highest BCUT2D eigenvalue weighted by Gasteiger charge is 2.22. The lowest BCUT2D eigenvalue weighted by atomic mass is 10.2. The smallest absolute Gasteiger partial charge is 0.0950 e. The van der Waals surface area contributed by atoms with Crippen molar-refractivity contribution in [3.8, 4) is 6.07 Å². The molecule has 1 saturated heterocycles. The number of halogens is 1. The molecular formula is C13H20ClN5. The van der Waals surface area contributed by atoms with E-state index < -0.39 is 0 Å². The van der Waals surface area contributed by atoms with Gasteiger partial charge in [-0.3, -0.25) is 14.5 Å². The zero-order valence-electron chi connectivity index (χ0n) is 11.7. The predicted octanol–water partition coefficient (Wildman–Crippen LogP) is 1.41. The SMILES string of the molecule is Cc1nn(C)c(CN2CCN(C(C)C#N)CC2)c1Cl. The highest BCUT2D eigenvalue weighted by molar-refractivity contribution is 6.31. The Bertz CT molecular complexity index is 482. The van der Waals surface area contributed by atoms with E-state index in [1.807, 2.05) is 25.6 Å². The molecule has 1 unspecified atom stereocenters. The van der Waals surface area contributed by atoms with Crippen molar-refractivity contribution < 1.29 is 0 Å². The molecule has 1 aromatic heterocycles. The third-order valence-electron chi connectivity index (χ3n) is 3.78. The van der Waals surface area contributed by atoms with Crippen LogP contribution in [0.25, 0.3) is 0 Å². The third-order valence-corrected chi connectivity index (χ3v) is 4.27. The lowest BCUT2D eigenvalue weighted by Gasteiger charge is -2.35. The Kier molecular flexibility index (Phi) is 4.46. The maximum absolute atomic E-state index is 8.93. The Hall–Kier alpha value is -1.09. The molecule has 1 aromatic rings. The van der Waals surface area contributed by atoms with Crippen LogP contribution in [0.15, 0.2) is 0 Å². The molecule has 0 saturated carbocycles. The Morgan fingerprint density at radius 1 is 1.37 bits per heavy atom. The quantitative estimate of drug-likeness (QED) is 0.841. The van der Waals surface area contributed by atoms with E-state index in [4.69, 9.17) is 16.9 Å². The Balaban J connectivity index is 1.94. The van der Waals surface area contributed by atoms with Gasteiger partial charge in [0, 0.05) is 39.8 Å². The Morgan fingerprint density at radius 3 is 2.47 bits per heavy atom. The highest BCUT2D eigenvalue weighted by atomic mass is 35.5. The molecule has 0 radical (unpaired) electrons. The molecule has 19 heavy (non-hydrogen) atoms. The zero-order chi connectivity index (χ0) is 14.0. The average molecular weight is 282 g/mol. The lowest BCUT2D eigenvalue weighted by Crippen LogP contribution is -2.48. The largest absolute Gasteiger partial charge is 0.295 e. The van der Waals surface area contributed by atoms with Crippen molar-refractivity contribution in [2.45, 2.75) is 26.4 Å². The second kappa shape index (κ2) is 5.91. The molecule has 6 heteroatoms. The number of hydrogen-bond acceptors (Lipinski definition) is 4.